The Morgan fingerprint density at radius 3 is 2.64 bits per heavy atom. The molecule has 1 atom stereocenters. The van der Waals surface area contributed by atoms with Crippen molar-refractivity contribution in [3.05, 3.63) is 0 Å². The van der Waals surface area contributed by atoms with Crippen molar-refractivity contribution in [1.82, 2.24) is 9.80 Å². The molecule has 3 heteroatoms. The zero-order valence-electron chi connectivity index (χ0n) is 9.74. The number of nitrogens with zero attached hydrogens (tertiary/aromatic N) is 2. The molecule has 0 radical (unpaired) electrons. The van der Waals surface area contributed by atoms with Crippen molar-refractivity contribution in [2.45, 2.75) is 38.8 Å². The second kappa shape index (κ2) is 5.69. The molecule has 1 rings (SSSR count). The Morgan fingerprint density at radius 2 is 2.07 bits per heavy atom. The highest BCUT2D eigenvalue weighted by Crippen LogP contribution is 2.14. The first-order chi connectivity index (χ1) is 6.65. The van der Waals surface area contributed by atoms with Crippen LogP contribution in [0.25, 0.3) is 0 Å². The van der Waals surface area contributed by atoms with Gasteiger partial charge in [0, 0.05) is 25.2 Å². The summed E-state index contributed by atoms with van der Waals surface area (Å²) in [7, 11) is 2.17. The van der Waals surface area contributed by atoms with Crippen molar-refractivity contribution >= 4 is 0 Å². The third-order valence-corrected chi connectivity index (χ3v) is 3.07. The fourth-order valence-corrected chi connectivity index (χ4v) is 2.35. The van der Waals surface area contributed by atoms with E-state index in [4.69, 9.17) is 5.11 Å². The zero-order chi connectivity index (χ0) is 10.6. The SMILES string of the molecule is CC(C)N1CCCN(C)CC1CCO. The third-order valence-electron chi connectivity index (χ3n) is 3.07. The van der Waals surface area contributed by atoms with Gasteiger partial charge in [-0.15, -0.1) is 0 Å². The maximum Gasteiger partial charge on any atom is 0.0446 e. The minimum Gasteiger partial charge on any atom is -0.396 e. The van der Waals surface area contributed by atoms with Gasteiger partial charge in [0.05, 0.1) is 0 Å². The average molecular weight is 200 g/mol. The molecule has 1 N–H and O–H groups in total. The van der Waals surface area contributed by atoms with E-state index < -0.39 is 0 Å². The van der Waals surface area contributed by atoms with Gasteiger partial charge < -0.3 is 10.0 Å². The van der Waals surface area contributed by atoms with Crippen LogP contribution in [0.2, 0.25) is 0 Å². The monoisotopic (exact) mass is 200 g/mol. The van der Waals surface area contributed by atoms with Crippen LogP contribution in [-0.2, 0) is 0 Å². The van der Waals surface area contributed by atoms with E-state index in [1.54, 1.807) is 0 Å². The van der Waals surface area contributed by atoms with Gasteiger partial charge in [-0.05, 0) is 46.8 Å². The van der Waals surface area contributed by atoms with Crippen LogP contribution in [0.4, 0.5) is 0 Å². The second-order valence-corrected chi connectivity index (χ2v) is 4.61. The third kappa shape index (κ3) is 3.23. The normalized spacial score (nSPS) is 26.8. The van der Waals surface area contributed by atoms with Gasteiger partial charge in [-0.25, -0.2) is 0 Å². The summed E-state index contributed by atoms with van der Waals surface area (Å²) >= 11 is 0. The Balaban J connectivity index is 2.59. The lowest BCUT2D eigenvalue weighted by Crippen LogP contribution is -2.44. The maximum atomic E-state index is 9.05. The van der Waals surface area contributed by atoms with Gasteiger partial charge in [0.1, 0.15) is 0 Å². The minimum absolute atomic E-state index is 0.307. The molecule has 1 aliphatic rings. The number of rotatable bonds is 3. The van der Waals surface area contributed by atoms with Crippen LogP contribution in [-0.4, -0.2) is 60.3 Å². The summed E-state index contributed by atoms with van der Waals surface area (Å²) in [6.45, 7) is 8.25. The Hall–Kier alpha value is -0.120. The predicted molar refractivity (Wildman–Crippen MR) is 59.4 cm³/mol. The molecule has 1 saturated heterocycles. The molecule has 1 aliphatic heterocycles. The van der Waals surface area contributed by atoms with Gasteiger partial charge in [-0.1, -0.05) is 0 Å². The molecule has 0 aromatic rings. The fourth-order valence-electron chi connectivity index (χ4n) is 2.35. The van der Waals surface area contributed by atoms with Crippen molar-refractivity contribution in [2.75, 3.05) is 33.3 Å². The lowest BCUT2D eigenvalue weighted by Gasteiger charge is -2.33. The molecular weight excluding hydrogens is 176 g/mol. The maximum absolute atomic E-state index is 9.05. The Kier molecular flexibility index (Phi) is 4.85. The first kappa shape index (κ1) is 12.0. The van der Waals surface area contributed by atoms with E-state index in [0.29, 0.717) is 18.7 Å². The molecule has 0 amide bonds. The van der Waals surface area contributed by atoms with E-state index in [1.165, 1.54) is 19.5 Å². The number of hydrogen-bond acceptors (Lipinski definition) is 3. The van der Waals surface area contributed by atoms with Gasteiger partial charge in [-0.3, -0.25) is 4.90 Å². The highest BCUT2D eigenvalue weighted by Gasteiger charge is 2.24. The Morgan fingerprint density at radius 1 is 1.36 bits per heavy atom. The van der Waals surface area contributed by atoms with Gasteiger partial charge in [0.2, 0.25) is 0 Å². The van der Waals surface area contributed by atoms with Crippen LogP contribution in [0, 0.1) is 0 Å². The molecule has 1 unspecified atom stereocenters. The number of aliphatic hydroxyl groups excluding tert-OH is 1. The molecule has 84 valence electrons. The van der Waals surface area contributed by atoms with Crippen LogP contribution >= 0.6 is 0 Å². The standard InChI is InChI=1S/C11H24N2O/c1-10(2)13-7-4-6-12(3)9-11(13)5-8-14/h10-11,14H,4-9H2,1-3H3. The molecule has 1 fully saturated rings. The average Bonchev–Trinajstić information content (AvgIpc) is 2.27. The summed E-state index contributed by atoms with van der Waals surface area (Å²) in [6.07, 6.45) is 2.15. The van der Waals surface area contributed by atoms with Crippen LogP contribution in [0.3, 0.4) is 0 Å². The van der Waals surface area contributed by atoms with E-state index in [9.17, 15) is 0 Å². The highest BCUT2D eigenvalue weighted by molar-refractivity contribution is 4.80. The quantitative estimate of drug-likeness (QED) is 0.729. The molecule has 14 heavy (non-hydrogen) atoms. The van der Waals surface area contributed by atoms with Gasteiger partial charge in [0.25, 0.3) is 0 Å². The van der Waals surface area contributed by atoms with Crippen LogP contribution in [0.1, 0.15) is 26.7 Å². The van der Waals surface area contributed by atoms with Crippen LogP contribution in [0.15, 0.2) is 0 Å². The molecule has 0 saturated carbocycles. The minimum atomic E-state index is 0.307. The summed E-state index contributed by atoms with van der Waals surface area (Å²) in [5.41, 5.74) is 0. The topological polar surface area (TPSA) is 26.7 Å². The summed E-state index contributed by atoms with van der Waals surface area (Å²) in [5.74, 6) is 0. The molecule has 1 heterocycles. The molecule has 0 bridgehead atoms. The molecule has 0 aromatic heterocycles. The van der Waals surface area contributed by atoms with Crippen molar-refractivity contribution < 1.29 is 5.11 Å². The second-order valence-electron chi connectivity index (χ2n) is 4.61. The van der Waals surface area contributed by atoms with Gasteiger partial charge in [-0.2, -0.15) is 0 Å². The van der Waals surface area contributed by atoms with Gasteiger partial charge in [0.15, 0.2) is 0 Å². The van der Waals surface area contributed by atoms with E-state index in [2.05, 4.69) is 30.7 Å². The first-order valence-corrected chi connectivity index (χ1v) is 5.70. The van der Waals surface area contributed by atoms with Crippen molar-refractivity contribution in [1.29, 1.82) is 0 Å². The first-order valence-electron chi connectivity index (χ1n) is 5.70. The van der Waals surface area contributed by atoms with E-state index in [-0.39, 0.29) is 0 Å². The lowest BCUT2D eigenvalue weighted by atomic mass is 10.1. The van der Waals surface area contributed by atoms with E-state index in [0.717, 1.165) is 13.0 Å². The number of likely N-dealkylation sites (N-methyl/N-ethyl adjacent to an activating group) is 1. The summed E-state index contributed by atoms with van der Waals surface area (Å²) in [4.78, 5) is 4.91. The zero-order valence-corrected chi connectivity index (χ0v) is 9.74. The smallest absolute Gasteiger partial charge is 0.0446 e. The van der Waals surface area contributed by atoms with Crippen LogP contribution < -0.4 is 0 Å². The molecule has 0 aromatic carbocycles. The predicted octanol–water partition coefficient (Wildman–Crippen LogP) is 0.783. The van der Waals surface area contributed by atoms with Crippen molar-refractivity contribution in [3.63, 3.8) is 0 Å². The number of aliphatic hydroxyl groups is 1. The molecule has 0 aliphatic carbocycles. The summed E-state index contributed by atoms with van der Waals surface area (Å²) < 4.78 is 0. The molecular formula is C11H24N2O. The summed E-state index contributed by atoms with van der Waals surface area (Å²) in [6, 6.07) is 1.13. The summed E-state index contributed by atoms with van der Waals surface area (Å²) in [5, 5.41) is 9.05. The van der Waals surface area contributed by atoms with Gasteiger partial charge >= 0.3 is 0 Å². The Bertz CT molecular complexity index is 161. The lowest BCUT2D eigenvalue weighted by molar-refractivity contribution is 0.121. The van der Waals surface area contributed by atoms with Crippen molar-refractivity contribution in [2.24, 2.45) is 0 Å². The molecule has 3 nitrogen and oxygen atoms in total. The van der Waals surface area contributed by atoms with Crippen molar-refractivity contribution in [3.8, 4) is 0 Å². The largest absolute Gasteiger partial charge is 0.396 e. The van der Waals surface area contributed by atoms with E-state index in [1.807, 2.05) is 0 Å². The van der Waals surface area contributed by atoms with E-state index >= 15 is 0 Å². The Labute approximate surface area is 87.7 Å². The molecule has 0 spiro atoms. The highest BCUT2D eigenvalue weighted by atomic mass is 16.3. The van der Waals surface area contributed by atoms with Crippen LogP contribution in [0.5, 0.6) is 0 Å². The number of hydrogen-bond donors (Lipinski definition) is 1. The fraction of sp³-hybridized carbons (Fsp3) is 1.00.